The van der Waals surface area contributed by atoms with Gasteiger partial charge in [-0.25, -0.2) is 0 Å². The van der Waals surface area contributed by atoms with Gasteiger partial charge in [0.05, 0.1) is 0 Å². The van der Waals surface area contributed by atoms with Crippen LogP contribution < -0.4 is 4.74 Å². The molecule has 0 saturated heterocycles. The van der Waals surface area contributed by atoms with Crippen molar-refractivity contribution < 1.29 is 13.6 Å². The maximum Gasteiger partial charge on any atom is 0.153 e. The smallest absolute Gasteiger partial charge is 0.153 e. The van der Waals surface area contributed by atoms with Gasteiger partial charge in [-0.3, -0.25) is 9.97 Å². The van der Waals surface area contributed by atoms with Crippen LogP contribution in [0.4, 0.5) is 0 Å². The summed E-state index contributed by atoms with van der Waals surface area (Å²) in [4.78, 5) is 9.11. The zero-order chi connectivity index (χ0) is 33.7. The fourth-order valence-electron chi connectivity index (χ4n) is 6.93. The lowest BCUT2D eigenvalue weighted by Crippen LogP contribution is -1.87. The topological polar surface area (TPSA) is 61.3 Å². The molecule has 4 heterocycles. The summed E-state index contributed by atoms with van der Waals surface area (Å²) in [6.07, 6.45) is 3.61. The molecule has 5 nitrogen and oxygen atoms in total. The van der Waals surface area contributed by atoms with E-state index < -0.39 is 0 Å². The van der Waals surface area contributed by atoms with Crippen LogP contribution in [0.25, 0.3) is 88.6 Å². The summed E-state index contributed by atoms with van der Waals surface area (Å²) in [7, 11) is 0. The molecule has 4 aromatic heterocycles. The van der Waals surface area contributed by atoms with E-state index in [1.165, 1.54) is 0 Å². The van der Waals surface area contributed by atoms with Crippen LogP contribution in [-0.4, -0.2) is 9.97 Å². The molecule has 0 aliphatic carbocycles. The Morgan fingerprint density at radius 3 is 1.18 bits per heavy atom. The van der Waals surface area contributed by atoms with E-state index in [0.717, 1.165) is 100 Å². The zero-order valence-corrected chi connectivity index (χ0v) is 27.3. The first-order valence-electron chi connectivity index (χ1n) is 16.9. The molecule has 6 aromatic carbocycles. The van der Waals surface area contributed by atoms with Gasteiger partial charge in [0.25, 0.3) is 0 Å². The Kier molecular flexibility index (Phi) is 6.74. The van der Waals surface area contributed by atoms with E-state index in [1.807, 2.05) is 60.7 Å². The monoisotopic (exact) mass is 656 g/mol. The number of ether oxygens (including phenoxy) is 1. The molecule has 240 valence electrons. The van der Waals surface area contributed by atoms with Crippen molar-refractivity contribution >= 4 is 44.1 Å². The minimum atomic E-state index is 0.774. The van der Waals surface area contributed by atoms with Gasteiger partial charge in [-0.15, -0.1) is 0 Å². The predicted molar refractivity (Wildman–Crippen MR) is 205 cm³/mol. The Hall–Kier alpha value is -6.98. The number of fused-ring (bicyclic) bond motifs is 6. The van der Waals surface area contributed by atoms with E-state index in [2.05, 4.69) is 107 Å². The molecule has 10 aromatic rings. The lowest BCUT2D eigenvalue weighted by atomic mass is 9.98. The molecule has 0 aliphatic rings. The Morgan fingerprint density at radius 2 is 0.725 bits per heavy atom. The highest BCUT2D eigenvalue weighted by atomic mass is 16.5. The molecule has 10 rings (SSSR count). The van der Waals surface area contributed by atoms with Crippen LogP contribution in [0.1, 0.15) is 0 Å². The van der Waals surface area contributed by atoms with Crippen LogP contribution in [0.5, 0.6) is 11.5 Å². The summed E-state index contributed by atoms with van der Waals surface area (Å²) in [5.41, 5.74) is 13.9. The molecular formula is C46H28N2O3. The average Bonchev–Trinajstić information content (AvgIpc) is 3.76. The van der Waals surface area contributed by atoms with Gasteiger partial charge in [-0.1, -0.05) is 72.8 Å². The fraction of sp³-hybridized carbons (Fsp3) is 0. The van der Waals surface area contributed by atoms with Gasteiger partial charge >= 0.3 is 0 Å². The first kappa shape index (κ1) is 29.0. The fourth-order valence-corrected chi connectivity index (χ4v) is 6.93. The van der Waals surface area contributed by atoms with Crippen LogP contribution in [-0.2, 0) is 0 Å². The second-order valence-corrected chi connectivity index (χ2v) is 12.6. The summed E-state index contributed by atoms with van der Waals surface area (Å²) < 4.78 is 18.4. The van der Waals surface area contributed by atoms with E-state index in [1.54, 1.807) is 12.4 Å². The van der Waals surface area contributed by atoms with Crippen molar-refractivity contribution in [1.82, 2.24) is 9.97 Å². The lowest BCUT2D eigenvalue weighted by Gasteiger charge is -2.11. The molecule has 0 saturated carbocycles. The highest BCUT2D eigenvalue weighted by molar-refractivity contribution is 6.05. The van der Waals surface area contributed by atoms with Crippen LogP contribution in [0.3, 0.4) is 0 Å². The van der Waals surface area contributed by atoms with Gasteiger partial charge in [0.1, 0.15) is 33.7 Å². The molecule has 0 atom stereocenters. The lowest BCUT2D eigenvalue weighted by molar-refractivity contribution is 0.483. The number of hydrogen-bond acceptors (Lipinski definition) is 5. The molecule has 0 radical (unpaired) electrons. The van der Waals surface area contributed by atoms with Crippen molar-refractivity contribution in [2.24, 2.45) is 0 Å². The molecule has 0 amide bonds. The Morgan fingerprint density at radius 1 is 0.333 bits per heavy atom. The normalized spacial score (nSPS) is 11.5. The summed E-state index contributed by atoms with van der Waals surface area (Å²) in [6, 6.07) is 53.9. The second kappa shape index (κ2) is 11.9. The third kappa shape index (κ3) is 5.29. The third-order valence-electron chi connectivity index (χ3n) is 9.41. The largest absolute Gasteiger partial charge is 0.457 e. The van der Waals surface area contributed by atoms with Gasteiger partial charge in [0.15, 0.2) is 11.2 Å². The first-order valence-corrected chi connectivity index (χ1v) is 16.9. The second-order valence-electron chi connectivity index (χ2n) is 12.6. The van der Waals surface area contributed by atoms with Crippen molar-refractivity contribution in [3.63, 3.8) is 0 Å². The van der Waals surface area contributed by atoms with E-state index in [0.29, 0.717) is 0 Å². The molecule has 0 unspecified atom stereocenters. The molecule has 51 heavy (non-hydrogen) atoms. The van der Waals surface area contributed by atoms with Gasteiger partial charge in [-0.05, 0) is 129 Å². The summed E-state index contributed by atoms with van der Waals surface area (Å²) in [5, 5.41) is 2.03. The summed E-state index contributed by atoms with van der Waals surface area (Å²) in [5.74, 6) is 1.55. The van der Waals surface area contributed by atoms with Crippen molar-refractivity contribution in [2.75, 3.05) is 0 Å². The van der Waals surface area contributed by atoms with Crippen LogP contribution >= 0.6 is 0 Å². The number of aromatic nitrogens is 2. The Bertz CT molecular complexity index is 2720. The number of benzene rings is 6. The van der Waals surface area contributed by atoms with Gasteiger partial charge < -0.3 is 13.6 Å². The van der Waals surface area contributed by atoms with Crippen LogP contribution in [0, 0.1) is 0 Å². The number of furan rings is 2. The number of pyridine rings is 2. The van der Waals surface area contributed by atoms with E-state index in [9.17, 15) is 0 Å². The number of nitrogens with zero attached hydrogens (tertiary/aromatic N) is 2. The average molecular weight is 657 g/mol. The summed E-state index contributed by atoms with van der Waals surface area (Å²) >= 11 is 0. The SMILES string of the molecule is c1cc(Oc2cccc(-c3cccc(-c4ccc5oc6cccnc6c5c4)c3)c2)cc(-c2cccc(-c3ccc4oc5cccnc5c4c3)c2)c1. The zero-order valence-electron chi connectivity index (χ0n) is 27.3. The molecule has 0 aliphatic heterocycles. The number of rotatable bonds is 6. The van der Waals surface area contributed by atoms with Crippen molar-refractivity contribution in [2.45, 2.75) is 0 Å². The molecule has 0 N–H and O–H groups in total. The molecule has 0 spiro atoms. The maximum atomic E-state index is 6.46. The number of hydrogen-bond donors (Lipinski definition) is 0. The third-order valence-corrected chi connectivity index (χ3v) is 9.41. The van der Waals surface area contributed by atoms with E-state index >= 15 is 0 Å². The Labute approximate surface area is 293 Å². The van der Waals surface area contributed by atoms with Crippen molar-refractivity contribution in [3.05, 3.63) is 170 Å². The van der Waals surface area contributed by atoms with Crippen LogP contribution in [0.15, 0.2) is 179 Å². The van der Waals surface area contributed by atoms with Crippen molar-refractivity contribution in [3.8, 4) is 56.0 Å². The quantitative estimate of drug-likeness (QED) is 0.178. The molecule has 5 heteroatoms. The minimum Gasteiger partial charge on any atom is -0.457 e. The van der Waals surface area contributed by atoms with Crippen molar-refractivity contribution in [1.29, 1.82) is 0 Å². The standard InChI is InChI=1S/C46H28N2O3/c1-7-29(23-31(9-1)35-17-19-41-39(27-35)45-43(50-41)15-5-21-47-45)33-11-3-13-37(25-33)49-38-14-4-12-34(26-38)30-8-2-10-32(24-30)36-18-20-42-40(28-36)46-44(51-42)16-6-22-48-46/h1-28H. The Balaban J connectivity index is 0.920. The predicted octanol–water partition coefficient (Wildman–Crippen LogP) is 12.7. The summed E-state index contributed by atoms with van der Waals surface area (Å²) in [6.45, 7) is 0. The molecular weight excluding hydrogens is 629 g/mol. The first-order chi connectivity index (χ1) is 25.2. The maximum absolute atomic E-state index is 6.46. The van der Waals surface area contributed by atoms with Crippen LogP contribution in [0.2, 0.25) is 0 Å². The van der Waals surface area contributed by atoms with Gasteiger partial charge in [0, 0.05) is 23.2 Å². The molecule has 0 fully saturated rings. The minimum absolute atomic E-state index is 0.774. The highest BCUT2D eigenvalue weighted by Gasteiger charge is 2.12. The highest BCUT2D eigenvalue weighted by Crippen LogP contribution is 2.36. The van der Waals surface area contributed by atoms with E-state index in [-0.39, 0.29) is 0 Å². The van der Waals surface area contributed by atoms with E-state index in [4.69, 9.17) is 13.6 Å². The van der Waals surface area contributed by atoms with Gasteiger partial charge in [-0.2, -0.15) is 0 Å². The van der Waals surface area contributed by atoms with Gasteiger partial charge in [0.2, 0.25) is 0 Å². The molecule has 0 bridgehead atoms.